The summed E-state index contributed by atoms with van der Waals surface area (Å²) in [7, 11) is 0. The fraction of sp³-hybridized carbons (Fsp3) is 0.467. The maximum atomic E-state index is 4.37. The Labute approximate surface area is 119 Å². The van der Waals surface area contributed by atoms with Crippen molar-refractivity contribution in [1.29, 1.82) is 0 Å². The third-order valence-corrected chi connectivity index (χ3v) is 4.13. The first-order valence-electron chi connectivity index (χ1n) is 6.93. The van der Waals surface area contributed by atoms with Crippen LogP contribution in [-0.2, 0) is 6.54 Å². The van der Waals surface area contributed by atoms with Gasteiger partial charge in [0.2, 0.25) is 0 Å². The van der Waals surface area contributed by atoms with Crippen molar-refractivity contribution >= 4 is 11.3 Å². The molecule has 19 heavy (non-hydrogen) atoms. The Hall–Kier alpha value is -1.26. The third-order valence-electron chi connectivity index (χ3n) is 3.09. The first-order valence-corrected chi connectivity index (χ1v) is 7.74. The van der Waals surface area contributed by atoms with Gasteiger partial charge in [-0.2, -0.15) is 0 Å². The molecule has 1 heterocycles. The normalized spacial score (nSPS) is 12.5. The smallest absolute Gasteiger partial charge is 0.131 e. The number of rotatable bonds is 7. The summed E-state index contributed by atoms with van der Waals surface area (Å²) in [6, 6.07) is 10.6. The van der Waals surface area contributed by atoms with E-state index in [9.17, 15) is 0 Å². The van der Waals surface area contributed by atoms with E-state index in [1.165, 1.54) is 5.56 Å². The standard InChI is InChI=1S/C15H21N3S/c1-3-10-16-11-14-17-18-15(19-14)13(4-2)12-8-6-5-7-9-12/h5-9,13,16H,3-4,10-11H2,1-2H3. The maximum absolute atomic E-state index is 4.37. The number of hydrogen-bond acceptors (Lipinski definition) is 4. The monoisotopic (exact) mass is 275 g/mol. The SMILES string of the molecule is CCCNCc1nnc(C(CC)c2ccccc2)s1. The molecule has 1 unspecified atom stereocenters. The highest BCUT2D eigenvalue weighted by Gasteiger charge is 2.16. The predicted octanol–water partition coefficient (Wildman–Crippen LogP) is 3.58. The van der Waals surface area contributed by atoms with E-state index in [0.29, 0.717) is 5.92 Å². The molecular formula is C15H21N3S. The lowest BCUT2D eigenvalue weighted by molar-refractivity contribution is 0.666. The van der Waals surface area contributed by atoms with Crippen molar-refractivity contribution in [1.82, 2.24) is 15.5 Å². The van der Waals surface area contributed by atoms with Crippen LogP contribution < -0.4 is 5.32 Å². The first kappa shape index (κ1) is 14.2. The summed E-state index contributed by atoms with van der Waals surface area (Å²) < 4.78 is 0. The predicted molar refractivity (Wildman–Crippen MR) is 80.5 cm³/mol. The summed E-state index contributed by atoms with van der Waals surface area (Å²) in [5.74, 6) is 0.374. The molecule has 0 aliphatic rings. The van der Waals surface area contributed by atoms with Crippen LogP contribution in [0, 0.1) is 0 Å². The van der Waals surface area contributed by atoms with Crippen molar-refractivity contribution in [2.24, 2.45) is 0 Å². The molecule has 3 nitrogen and oxygen atoms in total. The second-order valence-corrected chi connectivity index (χ2v) is 5.68. The van der Waals surface area contributed by atoms with Gasteiger partial charge in [0, 0.05) is 12.5 Å². The van der Waals surface area contributed by atoms with Gasteiger partial charge in [-0.05, 0) is 24.9 Å². The first-order chi connectivity index (χ1) is 9.35. The van der Waals surface area contributed by atoms with Crippen LogP contribution in [0.4, 0.5) is 0 Å². The van der Waals surface area contributed by atoms with Crippen LogP contribution in [0.2, 0.25) is 0 Å². The lowest BCUT2D eigenvalue weighted by Crippen LogP contribution is -2.13. The van der Waals surface area contributed by atoms with Crippen LogP contribution >= 0.6 is 11.3 Å². The van der Waals surface area contributed by atoms with Crippen LogP contribution in [0.1, 0.15) is 48.2 Å². The second-order valence-electron chi connectivity index (χ2n) is 4.58. The van der Waals surface area contributed by atoms with Gasteiger partial charge in [-0.25, -0.2) is 0 Å². The molecular weight excluding hydrogens is 254 g/mol. The second kappa shape index (κ2) is 7.36. The number of aromatic nitrogens is 2. The Morgan fingerprint density at radius 1 is 1.16 bits per heavy atom. The quantitative estimate of drug-likeness (QED) is 0.785. The summed E-state index contributed by atoms with van der Waals surface area (Å²) in [6.45, 7) is 6.23. The summed E-state index contributed by atoms with van der Waals surface area (Å²) in [5, 5.41) is 14.2. The van der Waals surface area contributed by atoms with Gasteiger partial charge in [-0.15, -0.1) is 10.2 Å². The zero-order chi connectivity index (χ0) is 13.5. The zero-order valence-electron chi connectivity index (χ0n) is 11.6. The van der Waals surface area contributed by atoms with Gasteiger partial charge in [0.15, 0.2) is 0 Å². The molecule has 0 saturated carbocycles. The van der Waals surface area contributed by atoms with Gasteiger partial charge in [0.25, 0.3) is 0 Å². The fourth-order valence-corrected chi connectivity index (χ4v) is 3.11. The van der Waals surface area contributed by atoms with E-state index < -0.39 is 0 Å². The van der Waals surface area contributed by atoms with E-state index in [2.05, 4.69) is 59.7 Å². The summed E-state index contributed by atoms with van der Waals surface area (Å²) in [5.41, 5.74) is 1.33. The van der Waals surface area contributed by atoms with E-state index >= 15 is 0 Å². The van der Waals surface area contributed by atoms with E-state index in [4.69, 9.17) is 0 Å². The Morgan fingerprint density at radius 2 is 1.95 bits per heavy atom. The van der Waals surface area contributed by atoms with Gasteiger partial charge < -0.3 is 5.32 Å². The number of nitrogens with zero attached hydrogens (tertiary/aromatic N) is 2. The molecule has 0 fully saturated rings. The molecule has 1 aromatic carbocycles. The molecule has 1 aromatic heterocycles. The van der Waals surface area contributed by atoms with Crippen LogP contribution in [0.25, 0.3) is 0 Å². The topological polar surface area (TPSA) is 37.8 Å². The van der Waals surface area contributed by atoms with Crippen LogP contribution in [0.3, 0.4) is 0 Å². The summed E-state index contributed by atoms with van der Waals surface area (Å²) in [6.07, 6.45) is 2.20. The lowest BCUT2D eigenvalue weighted by Gasteiger charge is -2.11. The maximum Gasteiger partial charge on any atom is 0.131 e. The van der Waals surface area contributed by atoms with Gasteiger partial charge in [-0.1, -0.05) is 55.5 Å². The Balaban J connectivity index is 2.07. The minimum absolute atomic E-state index is 0.374. The molecule has 0 saturated heterocycles. The number of nitrogens with one attached hydrogen (secondary N) is 1. The minimum atomic E-state index is 0.374. The van der Waals surface area contributed by atoms with Crippen LogP contribution in [0.5, 0.6) is 0 Å². The van der Waals surface area contributed by atoms with Crippen molar-refractivity contribution in [2.75, 3.05) is 6.54 Å². The van der Waals surface area contributed by atoms with Crippen molar-refractivity contribution in [3.63, 3.8) is 0 Å². The van der Waals surface area contributed by atoms with Crippen molar-refractivity contribution < 1.29 is 0 Å². The molecule has 4 heteroatoms. The molecule has 2 aromatic rings. The molecule has 102 valence electrons. The molecule has 0 radical (unpaired) electrons. The highest BCUT2D eigenvalue weighted by atomic mass is 32.1. The molecule has 1 N–H and O–H groups in total. The van der Waals surface area contributed by atoms with Gasteiger partial charge in [0.1, 0.15) is 10.0 Å². The number of benzene rings is 1. The Bertz CT molecular complexity index is 481. The summed E-state index contributed by atoms with van der Waals surface area (Å²) >= 11 is 1.73. The van der Waals surface area contributed by atoms with Crippen molar-refractivity contribution in [3.8, 4) is 0 Å². The molecule has 1 atom stereocenters. The van der Waals surface area contributed by atoms with Crippen LogP contribution in [0.15, 0.2) is 30.3 Å². The van der Waals surface area contributed by atoms with E-state index in [1.807, 2.05) is 0 Å². The molecule has 0 spiro atoms. The molecule has 0 aliphatic heterocycles. The molecule has 0 amide bonds. The minimum Gasteiger partial charge on any atom is -0.310 e. The van der Waals surface area contributed by atoms with Crippen molar-refractivity contribution in [3.05, 3.63) is 45.9 Å². The van der Waals surface area contributed by atoms with E-state index in [0.717, 1.165) is 35.9 Å². The highest BCUT2D eigenvalue weighted by Crippen LogP contribution is 2.29. The average Bonchev–Trinajstić information content (AvgIpc) is 2.90. The number of hydrogen-bond donors (Lipinski definition) is 1. The van der Waals surface area contributed by atoms with Gasteiger partial charge in [0.05, 0.1) is 0 Å². The third kappa shape index (κ3) is 3.85. The largest absolute Gasteiger partial charge is 0.310 e. The van der Waals surface area contributed by atoms with Gasteiger partial charge in [-0.3, -0.25) is 0 Å². The zero-order valence-corrected chi connectivity index (χ0v) is 12.4. The summed E-state index contributed by atoms with van der Waals surface area (Å²) in [4.78, 5) is 0. The molecule has 0 bridgehead atoms. The fourth-order valence-electron chi connectivity index (χ4n) is 2.09. The Kier molecular flexibility index (Phi) is 5.48. The van der Waals surface area contributed by atoms with E-state index in [1.54, 1.807) is 11.3 Å². The Morgan fingerprint density at radius 3 is 2.63 bits per heavy atom. The van der Waals surface area contributed by atoms with E-state index in [-0.39, 0.29) is 0 Å². The lowest BCUT2D eigenvalue weighted by atomic mass is 9.97. The average molecular weight is 275 g/mol. The highest BCUT2D eigenvalue weighted by molar-refractivity contribution is 7.11. The molecule has 0 aliphatic carbocycles. The van der Waals surface area contributed by atoms with Crippen LogP contribution in [-0.4, -0.2) is 16.7 Å². The van der Waals surface area contributed by atoms with Crippen molar-refractivity contribution in [2.45, 2.75) is 39.2 Å². The molecule has 2 rings (SSSR count). The van der Waals surface area contributed by atoms with Gasteiger partial charge >= 0.3 is 0 Å².